The van der Waals surface area contributed by atoms with Gasteiger partial charge in [-0.2, -0.15) is 0 Å². The number of nitrogens with zero attached hydrogens (tertiary/aromatic N) is 1. The smallest absolute Gasteiger partial charge is 0.231 e. The third-order valence-electron chi connectivity index (χ3n) is 4.66. The van der Waals surface area contributed by atoms with E-state index in [1.807, 2.05) is 18.2 Å². The maximum atomic E-state index is 6.04. The lowest BCUT2D eigenvalue weighted by atomic mass is 9.81. The van der Waals surface area contributed by atoms with Crippen LogP contribution in [-0.4, -0.2) is 11.9 Å². The highest BCUT2D eigenvalue weighted by Crippen LogP contribution is 2.47. The van der Waals surface area contributed by atoms with E-state index < -0.39 is 0 Å². The van der Waals surface area contributed by atoms with Crippen molar-refractivity contribution in [2.24, 2.45) is 0 Å². The lowest BCUT2D eigenvalue weighted by Gasteiger charge is -2.21. The molecule has 0 bridgehead atoms. The van der Waals surface area contributed by atoms with Gasteiger partial charge in [0.15, 0.2) is 11.5 Å². The van der Waals surface area contributed by atoms with Crippen LogP contribution in [0.2, 0.25) is 0 Å². The molecule has 1 aromatic carbocycles. The second-order valence-electron chi connectivity index (χ2n) is 6.11. The van der Waals surface area contributed by atoms with Gasteiger partial charge in [-0.3, -0.25) is 0 Å². The van der Waals surface area contributed by atoms with Gasteiger partial charge in [0.1, 0.15) is 0 Å². The van der Waals surface area contributed by atoms with E-state index in [0.29, 0.717) is 5.88 Å². The first-order valence-corrected chi connectivity index (χ1v) is 7.33. The van der Waals surface area contributed by atoms with Crippen molar-refractivity contribution in [2.75, 3.05) is 12.5 Å². The number of hydrogen-bond donors (Lipinski definition) is 1. The lowest BCUT2D eigenvalue weighted by molar-refractivity contribution is 0.174. The topological polar surface area (TPSA) is 70.5 Å². The molecule has 0 radical (unpaired) electrons. The van der Waals surface area contributed by atoms with E-state index >= 15 is 0 Å². The van der Waals surface area contributed by atoms with E-state index in [-0.39, 0.29) is 12.2 Å². The van der Waals surface area contributed by atoms with Crippen LogP contribution in [0.4, 0.5) is 5.88 Å². The zero-order valence-electron chi connectivity index (χ0n) is 12.0. The van der Waals surface area contributed by atoms with E-state index in [4.69, 9.17) is 19.7 Å². The summed E-state index contributed by atoms with van der Waals surface area (Å²) in [6, 6.07) is 5.84. The Labute approximate surface area is 123 Å². The summed E-state index contributed by atoms with van der Waals surface area (Å²) in [5.74, 6) is 1.88. The van der Waals surface area contributed by atoms with Crippen LogP contribution >= 0.6 is 0 Å². The third kappa shape index (κ3) is 1.87. The Morgan fingerprint density at radius 2 is 1.90 bits per heavy atom. The Morgan fingerprint density at radius 1 is 1.14 bits per heavy atom. The minimum Gasteiger partial charge on any atom is -0.454 e. The molecule has 1 aromatic heterocycles. The summed E-state index contributed by atoms with van der Waals surface area (Å²) in [7, 11) is 0. The summed E-state index contributed by atoms with van der Waals surface area (Å²) in [6.45, 7) is 2.51. The van der Waals surface area contributed by atoms with Gasteiger partial charge in [-0.15, -0.1) is 0 Å². The first-order valence-electron chi connectivity index (χ1n) is 7.33. The molecule has 2 aromatic rings. The van der Waals surface area contributed by atoms with Gasteiger partial charge in [0.05, 0.1) is 11.3 Å². The molecule has 1 fully saturated rings. The molecule has 1 aliphatic heterocycles. The van der Waals surface area contributed by atoms with Gasteiger partial charge in [-0.1, -0.05) is 31.0 Å². The Balaban J connectivity index is 1.83. The highest BCUT2D eigenvalue weighted by Gasteiger charge is 2.37. The summed E-state index contributed by atoms with van der Waals surface area (Å²) in [5.41, 5.74) is 8.94. The van der Waals surface area contributed by atoms with E-state index in [9.17, 15) is 0 Å². The molecular formula is C16H18N2O3. The summed E-state index contributed by atoms with van der Waals surface area (Å²) >= 11 is 0. The third-order valence-corrected chi connectivity index (χ3v) is 4.66. The van der Waals surface area contributed by atoms with Gasteiger partial charge < -0.3 is 19.7 Å². The van der Waals surface area contributed by atoms with Crippen LogP contribution in [0.3, 0.4) is 0 Å². The van der Waals surface area contributed by atoms with Crippen molar-refractivity contribution >= 4 is 5.88 Å². The molecule has 5 nitrogen and oxygen atoms in total. The van der Waals surface area contributed by atoms with Crippen LogP contribution in [0.5, 0.6) is 11.5 Å². The fourth-order valence-corrected chi connectivity index (χ4v) is 3.44. The van der Waals surface area contributed by atoms with E-state index in [1.165, 1.54) is 12.8 Å². The average Bonchev–Trinajstić information content (AvgIpc) is 3.17. The van der Waals surface area contributed by atoms with Crippen LogP contribution in [0.1, 0.15) is 38.3 Å². The fourth-order valence-electron chi connectivity index (χ4n) is 3.44. The normalized spacial score (nSPS) is 19.1. The Hall–Kier alpha value is -2.17. The molecule has 2 aliphatic rings. The molecule has 0 spiro atoms. The first kappa shape index (κ1) is 12.6. The van der Waals surface area contributed by atoms with E-state index in [0.717, 1.165) is 41.2 Å². The largest absolute Gasteiger partial charge is 0.454 e. The predicted molar refractivity (Wildman–Crippen MR) is 78.3 cm³/mol. The number of rotatable bonds is 2. The van der Waals surface area contributed by atoms with Crippen molar-refractivity contribution in [1.29, 1.82) is 0 Å². The molecule has 0 saturated heterocycles. The van der Waals surface area contributed by atoms with Gasteiger partial charge in [0.25, 0.3) is 0 Å². The molecule has 21 heavy (non-hydrogen) atoms. The number of nitrogens with two attached hydrogens (primary N) is 1. The zero-order chi connectivity index (χ0) is 14.4. The standard InChI is InChI=1S/C16H18N2O3/c1-16(6-2-3-7-16)14-13(15(17)21-18-14)10-4-5-11-12(8-10)20-9-19-11/h4-5,8H,2-3,6-7,9,17H2,1H3. The highest BCUT2D eigenvalue weighted by molar-refractivity contribution is 5.78. The van der Waals surface area contributed by atoms with Gasteiger partial charge in [0, 0.05) is 5.41 Å². The summed E-state index contributed by atoms with van der Waals surface area (Å²) in [5, 5.41) is 4.27. The molecule has 4 rings (SSSR count). The first-order chi connectivity index (χ1) is 10.2. The SMILES string of the molecule is CC1(c2noc(N)c2-c2ccc3c(c2)OCO3)CCCC1. The van der Waals surface area contributed by atoms with Crippen LogP contribution < -0.4 is 15.2 Å². The van der Waals surface area contributed by atoms with Crippen LogP contribution in [0.25, 0.3) is 11.1 Å². The Bertz CT molecular complexity index is 687. The van der Waals surface area contributed by atoms with E-state index in [2.05, 4.69) is 12.1 Å². The highest BCUT2D eigenvalue weighted by atomic mass is 16.7. The number of nitrogen functional groups attached to an aromatic ring is 1. The maximum absolute atomic E-state index is 6.04. The molecule has 110 valence electrons. The zero-order valence-corrected chi connectivity index (χ0v) is 12.0. The number of benzene rings is 1. The van der Waals surface area contributed by atoms with Crippen molar-refractivity contribution in [1.82, 2.24) is 5.16 Å². The molecule has 5 heteroatoms. The van der Waals surface area contributed by atoms with Gasteiger partial charge in [-0.05, 0) is 30.5 Å². The Morgan fingerprint density at radius 3 is 2.71 bits per heavy atom. The molecule has 2 N–H and O–H groups in total. The van der Waals surface area contributed by atoms with Crippen LogP contribution in [0.15, 0.2) is 22.7 Å². The summed E-state index contributed by atoms with van der Waals surface area (Å²) in [6.07, 6.45) is 4.70. The van der Waals surface area contributed by atoms with Crippen molar-refractivity contribution in [3.05, 3.63) is 23.9 Å². The second kappa shape index (κ2) is 4.41. The number of ether oxygens (including phenoxy) is 2. The lowest BCUT2D eigenvalue weighted by Crippen LogP contribution is -2.18. The molecule has 1 aliphatic carbocycles. The monoisotopic (exact) mass is 286 g/mol. The summed E-state index contributed by atoms with van der Waals surface area (Å²) < 4.78 is 16.1. The average molecular weight is 286 g/mol. The Kier molecular flexibility index (Phi) is 2.64. The van der Waals surface area contributed by atoms with Crippen LogP contribution in [-0.2, 0) is 5.41 Å². The molecule has 0 unspecified atom stereocenters. The molecule has 0 amide bonds. The number of anilines is 1. The van der Waals surface area contributed by atoms with Crippen LogP contribution in [0, 0.1) is 0 Å². The number of hydrogen-bond acceptors (Lipinski definition) is 5. The number of aromatic nitrogens is 1. The van der Waals surface area contributed by atoms with Crippen molar-refractivity contribution < 1.29 is 14.0 Å². The summed E-state index contributed by atoms with van der Waals surface area (Å²) in [4.78, 5) is 0. The molecular weight excluding hydrogens is 268 g/mol. The van der Waals surface area contributed by atoms with Crippen molar-refractivity contribution in [2.45, 2.75) is 38.0 Å². The molecule has 0 atom stereocenters. The van der Waals surface area contributed by atoms with Crippen molar-refractivity contribution in [3.63, 3.8) is 0 Å². The minimum atomic E-state index is 0.0484. The fraction of sp³-hybridized carbons (Fsp3) is 0.438. The minimum absolute atomic E-state index is 0.0484. The van der Waals surface area contributed by atoms with Gasteiger partial charge in [0.2, 0.25) is 12.7 Å². The molecule has 2 heterocycles. The van der Waals surface area contributed by atoms with Gasteiger partial charge >= 0.3 is 0 Å². The van der Waals surface area contributed by atoms with E-state index in [1.54, 1.807) is 0 Å². The van der Waals surface area contributed by atoms with Gasteiger partial charge in [-0.25, -0.2) is 0 Å². The maximum Gasteiger partial charge on any atom is 0.231 e. The molecule has 1 saturated carbocycles. The second-order valence-corrected chi connectivity index (χ2v) is 6.11. The predicted octanol–water partition coefficient (Wildman–Crippen LogP) is 3.48. The number of fused-ring (bicyclic) bond motifs is 1. The quantitative estimate of drug-likeness (QED) is 0.915. The van der Waals surface area contributed by atoms with Crippen molar-refractivity contribution in [3.8, 4) is 22.6 Å².